The van der Waals surface area contributed by atoms with Gasteiger partial charge in [-0.1, -0.05) is 42.4 Å². The van der Waals surface area contributed by atoms with E-state index < -0.39 is 0 Å². The average Bonchev–Trinajstić information content (AvgIpc) is 2.95. The molecule has 0 aliphatic carbocycles. The van der Waals surface area contributed by atoms with Crippen molar-refractivity contribution in [3.05, 3.63) is 84.2 Å². The Morgan fingerprint density at radius 3 is 2.62 bits per heavy atom. The molecular weight excluding hydrogens is 280 g/mol. The molecule has 1 heterocycles. The zero-order valence-electron chi connectivity index (χ0n) is 11.8. The number of aryl methyl sites for hydroxylation is 1. The Morgan fingerprint density at radius 2 is 1.90 bits per heavy atom. The molecule has 1 unspecified atom stereocenters. The number of quaternary nitrogens is 1. The molecule has 1 atom stereocenters. The van der Waals surface area contributed by atoms with Gasteiger partial charge in [-0.05, 0) is 18.6 Å². The van der Waals surface area contributed by atoms with Gasteiger partial charge in [0.15, 0.2) is 5.69 Å². The van der Waals surface area contributed by atoms with Crippen molar-refractivity contribution >= 4 is 28.8 Å². The summed E-state index contributed by atoms with van der Waals surface area (Å²) in [7, 11) is 0. The van der Waals surface area contributed by atoms with Gasteiger partial charge in [-0.3, -0.25) is 0 Å². The van der Waals surface area contributed by atoms with Crippen molar-refractivity contribution in [3.63, 3.8) is 0 Å². The standard InChI is InChI=1S/C18H16ClN2/c1-3-18-20-11-12-21(18,15-7-5-4-6-8-15)17-13-14(2)9-10-16(17)19/h3-13H,1H2,2H3/q+1. The SMILES string of the molecule is C=CC1=NC=C[N+]1(c1ccccc1)c1cc(C)ccc1Cl. The zero-order valence-corrected chi connectivity index (χ0v) is 12.6. The molecule has 1 aliphatic heterocycles. The summed E-state index contributed by atoms with van der Waals surface area (Å²) in [5.41, 5.74) is 3.22. The molecule has 0 saturated carbocycles. The van der Waals surface area contributed by atoms with Crippen molar-refractivity contribution in [2.45, 2.75) is 6.92 Å². The number of hydrogen-bond donors (Lipinski definition) is 0. The zero-order chi connectivity index (χ0) is 14.9. The first-order valence-corrected chi connectivity index (χ1v) is 7.16. The summed E-state index contributed by atoms with van der Waals surface area (Å²) in [6, 6.07) is 16.2. The smallest absolute Gasteiger partial charge is 0.198 e. The van der Waals surface area contributed by atoms with Crippen molar-refractivity contribution in [1.82, 2.24) is 4.48 Å². The highest BCUT2D eigenvalue weighted by molar-refractivity contribution is 6.34. The molecule has 0 spiro atoms. The lowest BCUT2D eigenvalue weighted by atomic mass is 10.1. The summed E-state index contributed by atoms with van der Waals surface area (Å²) in [5, 5.41) is 0.713. The number of nitrogens with zero attached hydrogens (tertiary/aromatic N) is 2. The Hall–Kier alpha value is -2.16. The van der Waals surface area contributed by atoms with Crippen LogP contribution in [-0.2, 0) is 0 Å². The summed E-state index contributed by atoms with van der Waals surface area (Å²) in [6.07, 6.45) is 5.63. The summed E-state index contributed by atoms with van der Waals surface area (Å²) in [6.45, 7) is 5.97. The van der Waals surface area contributed by atoms with Crippen LogP contribution in [0.2, 0.25) is 5.02 Å². The van der Waals surface area contributed by atoms with E-state index in [9.17, 15) is 0 Å². The Labute approximate surface area is 129 Å². The van der Waals surface area contributed by atoms with E-state index >= 15 is 0 Å². The second kappa shape index (κ2) is 5.32. The molecule has 0 fully saturated rings. The molecule has 104 valence electrons. The first-order chi connectivity index (χ1) is 10.2. The molecule has 0 aromatic heterocycles. The monoisotopic (exact) mass is 295 g/mol. The molecule has 0 amide bonds. The Bertz CT molecular complexity index is 747. The number of hydrogen-bond acceptors (Lipinski definition) is 1. The van der Waals surface area contributed by atoms with Crippen molar-refractivity contribution in [3.8, 4) is 0 Å². The second-order valence-electron chi connectivity index (χ2n) is 5.00. The fourth-order valence-electron chi connectivity index (χ4n) is 2.69. The molecule has 2 nitrogen and oxygen atoms in total. The minimum Gasteiger partial charge on any atom is -0.198 e. The van der Waals surface area contributed by atoms with Crippen LogP contribution in [0.1, 0.15) is 5.56 Å². The quantitative estimate of drug-likeness (QED) is 0.676. The van der Waals surface area contributed by atoms with Crippen LogP contribution in [0.3, 0.4) is 0 Å². The van der Waals surface area contributed by atoms with Gasteiger partial charge in [-0.15, -0.1) is 0 Å². The molecule has 2 aromatic carbocycles. The third kappa shape index (κ3) is 2.13. The van der Waals surface area contributed by atoms with Crippen LogP contribution >= 0.6 is 11.6 Å². The predicted octanol–water partition coefficient (Wildman–Crippen LogP) is 5.36. The molecule has 3 heteroatoms. The number of benzene rings is 2. The number of rotatable bonds is 3. The van der Waals surface area contributed by atoms with E-state index in [-0.39, 0.29) is 0 Å². The highest BCUT2D eigenvalue weighted by Gasteiger charge is 2.40. The summed E-state index contributed by atoms with van der Waals surface area (Å²) in [5.74, 6) is 0.841. The molecule has 1 aliphatic rings. The lowest BCUT2D eigenvalue weighted by Crippen LogP contribution is -2.41. The van der Waals surface area contributed by atoms with Gasteiger partial charge in [0.2, 0.25) is 5.84 Å². The third-order valence-corrected chi connectivity index (χ3v) is 4.01. The highest BCUT2D eigenvalue weighted by Crippen LogP contribution is 2.43. The van der Waals surface area contributed by atoms with Gasteiger partial charge in [-0.25, -0.2) is 0 Å². The first kappa shape index (κ1) is 13.8. The van der Waals surface area contributed by atoms with Crippen LogP contribution < -0.4 is 4.48 Å². The fraction of sp³-hybridized carbons (Fsp3) is 0.0556. The van der Waals surface area contributed by atoms with Crippen LogP contribution in [0.25, 0.3) is 0 Å². The van der Waals surface area contributed by atoms with Crippen molar-refractivity contribution in [1.29, 1.82) is 0 Å². The van der Waals surface area contributed by atoms with Gasteiger partial charge < -0.3 is 0 Å². The maximum Gasteiger partial charge on any atom is 0.242 e. The summed E-state index contributed by atoms with van der Waals surface area (Å²) >= 11 is 6.50. The van der Waals surface area contributed by atoms with Gasteiger partial charge in [-0.2, -0.15) is 9.48 Å². The number of aliphatic imine (C=N–C) groups is 1. The molecule has 21 heavy (non-hydrogen) atoms. The number of halogens is 1. The normalized spacial score (nSPS) is 20.4. The van der Waals surface area contributed by atoms with Crippen LogP contribution in [0, 0.1) is 6.92 Å². The Balaban J connectivity index is 2.33. The van der Waals surface area contributed by atoms with Crippen LogP contribution in [0.5, 0.6) is 0 Å². The van der Waals surface area contributed by atoms with Gasteiger partial charge in [0.05, 0.1) is 6.20 Å². The topological polar surface area (TPSA) is 12.4 Å². The summed E-state index contributed by atoms with van der Waals surface area (Å²) in [4.78, 5) is 4.46. The van der Waals surface area contributed by atoms with Crippen LogP contribution in [0.15, 0.2) is 78.6 Å². The highest BCUT2D eigenvalue weighted by atomic mass is 35.5. The minimum absolute atomic E-state index is 0.366. The van der Waals surface area contributed by atoms with Crippen molar-refractivity contribution < 1.29 is 0 Å². The first-order valence-electron chi connectivity index (χ1n) is 6.78. The maximum absolute atomic E-state index is 6.50. The molecule has 2 aromatic rings. The Morgan fingerprint density at radius 1 is 1.14 bits per heavy atom. The Kier molecular flexibility index (Phi) is 3.50. The lowest BCUT2D eigenvalue weighted by Gasteiger charge is -2.31. The minimum atomic E-state index is 0.366. The van der Waals surface area contributed by atoms with E-state index in [0.717, 1.165) is 22.8 Å². The average molecular weight is 296 g/mol. The maximum atomic E-state index is 6.50. The number of para-hydroxylation sites is 1. The van der Waals surface area contributed by atoms with Crippen LogP contribution in [0.4, 0.5) is 11.4 Å². The van der Waals surface area contributed by atoms with Crippen LogP contribution in [-0.4, -0.2) is 5.84 Å². The van der Waals surface area contributed by atoms with Gasteiger partial charge in [0.25, 0.3) is 0 Å². The van der Waals surface area contributed by atoms with E-state index in [1.54, 1.807) is 6.08 Å². The molecule has 0 bridgehead atoms. The molecule has 0 saturated heterocycles. The van der Waals surface area contributed by atoms with E-state index in [2.05, 4.69) is 36.7 Å². The van der Waals surface area contributed by atoms with E-state index in [0.29, 0.717) is 9.51 Å². The molecular formula is C18H16ClN2+. The fourth-order valence-corrected chi connectivity index (χ4v) is 2.94. The molecule has 3 rings (SSSR count). The molecule has 0 radical (unpaired) electrons. The largest absolute Gasteiger partial charge is 0.242 e. The van der Waals surface area contributed by atoms with Crippen molar-refractivity contribution in [2.24, 2.45) is 4.99 Å². The van der Waals surface area contributed by atoms with Gasteiger partial charge in [0.1, 0.15) is 16.9 Å². The second-order valence-corrected chi connectivity index (χ2v) is 5.41. The van der Waals surface area contributed by atoms with Gasteiger partial charge >= 0.3 is 0 Å². The van der Waals surface area contributed by atoms with E-state index in [1.165, 1.54) is 0 Å². The van der Waals surface area contributed by atoms with E-state index in [1.807, 2.05) is 42.7 Å². The molecule has 0 N–H and O–H groups in total. The van der Waals surface area contributed by atoms with E-state index in [4.69, 9.17) is 11.6 Å². The summed E-state index contributed by atoms with van der Waals surface area (Å²) < 4.78 is 0.366. The predicted molar refractivity (Wildman–Crippen MR) is 90.9 cm³/mol. The third-order valence-electron chi connectivity index (χ3n) is 3.69. The van der Waals surface area contributed by atoms with Crippen molar-refractivity contribution in [2.75, 3.05) is 0 Å². The van der Waals surface area contributed by atoms with Gasteiger partial charge in [0, 0.05) is 24.3 Å². The number of amidine groups is 1. The lowest BCUT2D eigenvalue weighted by molar-refractivity contribution is 0.751.